The second-order valence-electron chi connectivity index (χ2n) is 14.6. The summed E-state index contributed by atoms with van der Waals surface area (Å²) in [6.45, 7) is 11.7. The van der Waals surface area contributed by atoms with Crippen LogP contribution in [-0.4, -0.2) is 133 Å². The molecule has 3 aromatic carbocycles. The van der Waals surface area contributed by atoms with E-state index in [9.17, 15) is 27.6 Å². The van der Waals surface area contributed by atoms with Gasteiger partial charge < -0.3 is 34.2 Å². The van der Waals surface area contributed by atoms with Gasteiger partial charge in [0.2, 0.25) is 10.0 Å². The SMILES string of the molecule is CN(CCC(=O)Cc1ccc(N2CCN(c3ccncc3)CC2)cc1)S(=O)(=O)c1cccc2ccccc12.CN(CCOC=O)C(=O)OC(C)(C)C.CNCCOC=O. The molecule has 2 heterocycles. The highest BCUT2D eigenvalue weighted by Gasteiger charge is 2.24. The zero-order chi connectivity index (χ0) is 43.3. The monoisotopic (exact) mass is 834 g/mol. The maximum absolute atomic E-state index is 13.2. The lowest BCUT2D eigenvalue weighted by Crippen LogP contribution is -2.46. The van der Waals surface area contributed by atoms with Crippen molar-refractivity contribution in [1.29, 1.82) is 0 Å². The Labute approximate surface area is 348 Å². The number of amides is 1. The molecule has 1 aliphatic rings. The van der Waals surface area contributed by atoms with E-state index in [1.54, 1.807) is 47.0 Å². The van der Waals surface area contributed by atoms with Gasteiger partial charge in [-0.1, -0.05) is 48.5 Å². The molecule has 1 saturated heterocycles. The van der Waals surface area contributed by atoms with E-state index in [-0.39, 0.29) is 36.7 Å². The molecule has 0 spiro atoms. The first kappa shape index (κ1) is 47.8. The van der Waals surface area contributed by atoms with Gasteiger partial charge in [-0.2, -0.15) is 0 Å². The van der Waals surface area contributed by atoms with Crippen LogP contribution in [0.3, 0.4) is 0 Å². The summed E-state index contributed by atoms with van der Waals surface area (Å²) in [6.07, 6.45) is 3.68. The molecule has 1 fully saturated rings. The smallest absolute Gasteiger partial charge is 0.410 e. The number of hydrogen-bond acceptors (Lipinski definition) is 13. The Morgan fingerprint density at radius 2 is 1.37 bits per heavy atom. The first-order valence-corrected chi connectivity index (χ1v) is 20.8. The second-order valence-corrected chi connectivity index (χ2v) is 16.6. The number of piperazine rings is 1. The lowest BCUT2D eigenvalue weighted by atomic mass is 10.1. The number of aromatic nitrogens is 1. The van der Waals surface area contributed by atoms with Crippen LogP contribution in [0.4, 0.5) is 16.2 Å². The number of sulfonamides is 1. The summed E-state index contributed by atoms with van der Waals surface area (Å²) in [7, 11) is 1.22. The molecule has 0 saturated carbocycles. The normalized spacial score (nSPS) is 12.7. The van der Waals surface area contributed by atoms with E-state index in [0.717, 1.165) is 49.4 Å². The molecule has 0 bridgehead atoms. The summed E-state index contributed by atoms with van der Waals surface area (Å²) < 4.78 is 41.6. The summed E-state index contributed by atoms with van der Waals surface area (Å²) in [6, 6.07) is 24.9. The number of ketones is 1. The molecule has 16 heteroatoms. The number of nitrogens with one attached hydrogen (secondary N) is 1. The number of likely N-dealkylation sites (N-methyl/N-ethyl adjacent to an activating group) is 2. The van der Waals surface area contributed by atoms with Crippen LogP contribution in [0, 0.1) is 0 Å². The van der Waals surface area contributed by atoms with Crippen LogP contribution in [0.2, 0.25) is 0 Å². The molecule has 0 unspecified atom stereocenters. The van der Waals surface area contributed by atoms with Crippen molar-refractivity contribution in [2.75, 3.05) is 90.0 Å². The van der Waals surface area contributed by atoms with Crippen molar-refractivity contribution in [3.63, 3.8) is 0 Å². The summed E-state index contributed by atoms with van der Waals surface area (Å²) >= 11 is 0. The van der Waals surface area contributed by atoms with E-state index in [1.807, 2.05) is 67.0 Å². The van der Waals surface area contributed by atoms with Gasteiger partial charge in [-0.15, -0.1) is 0 Å². The molecular formula is C43H58N6O9S. The van der Waals surface area contributed by atoms with Gasteiger partial charge in [-0.05, 0) is 69.1 Å². The van der Waals surface area contributed by atoms with Crippen molar-refractivity contribution < 1.29 is 41.8 Å². The van der Waals surface area contributed by atoms with Crippen molar-refractivity contribution >= 4 is 57.0 Å². The van der Waals surface area contributed by atoms with Gasteiger partial charge in [0.15, 0.2) is 0 Å². The van der Waals surface area contributed by atoms with Crippen LogP contribution < -0.4 is 15.1 Å². The van der Waals surface area contributed by atoms with Gasteiger partial charge >= 0.3 is 6.09 Å². The minimum Gasteiger partial charge on any atom is -0.467 e. The summed E-state index contributed by atoms with van der Waals surface area (Å²) in [5, 5.41) is 4.38. The van der Waals surface area contributed by atoms with Crippen LogP contribution in [0.25, 0.3) is 10.8 Å². The molecule has 0 atom stereocenters. The van der Waals surface area contributed by atoms with Crippen molar-refractivity contribution in [2.45, 2.75) is 44.1 Å². The Kier molecular flexibility index (Phi) is 19.7. The number of nitrogens with zero attached hydrogens (tertiary/aromatic N) is 5. The molecule has 1 N–H and O–H groups in total. The van der Waals surface area contributed by atoms with Gasteiger partial charge in [0.05, 0.1) is 11.4 Å². The van der Waals surface area contributed by atoms with Gasteiger partial charge in [-0.25, -0.2) is 17.5 Å². The number of carbonyl (C=O) groups is 4. The largest absolute Gasteiger partial charge is 0.467 e. The number of rotatable bonds is 17. The number of carbonyl (C=O) groups excluding carboxylic acids is 4. The molecule has 0 aliphatic carbocycles. The molecular weight excluding hydrogens is 777 g/mol. The van der Waals surface area contributed by atoms with Crippen LogP contribution in [0.5, 0.6) is 0 Å². The molecule has 1 aromatic heterocycles. The van der Waals surface area contributed by atoms with E-state index >= 15 is 0 Å². The molecule has 4 aromatic rings. The maximum Gasteiger partial charge on any atom is 0.410 e. The molecule has 15 nitrogen and oxygen atoms in total. The van der Waals surface area contributed by atoms with Crippen LogP contribution >= 0.6 is 0 Å². The Bertz CT molecular complexity index is 2000. The Hall–Kier alpha value is -5.58. The highest BCUT2D eigenvalue weighted by atomic mass is 32.2. The van der Waals surface area contributed by atoms with Gasteiger partial charge in [0, 0.05) is 95.4 Å². The second kappa shape index (κ2) is 24.4. The molecule has 1 amide bonds. The molecule has 5 rings (SSSR count). The third-order valence-corrected chi connectivity index (χ3v) is 10.9. The number of hydrogen-bond donors (Lipinski definition) is 1. The molecule has 320 valence electrons. The Balaban J connectivity index is 0.000000367. The molecule has 0 radical (unpaired) electrons. The summed E-state index contributed by atoms with van der Waals surface area (Å²) in [5.41, 5.74) is 2.78. The van der Waals surface area contributed by atoms with Gasteiger partial charge in [0.25, 0.3) is 12.9 Å². The van der Waals surface area contributed by atoms with Gasteiger partial charge in [0.1, 0.15) is 24.6 Å². The van der Waals surface area contributed by atoms with Crippen LogP contribution in [0.1, 0.15) is 32.8 Å². The number of pyridine rings is 1. The predicted molar refractivity (Wildman–Crippen MR) is 229 cm³/mol. The van der Waals surface area contributed by atoms with E-state index in [2.05, 4.69) is 41.7 Å². The van der Waals surface area contributed by atoms with Crippen LogP contribution in [-0.2, 0) is 45.0 Å². The summed E-state index contributed by atoms with van der Waals surface area (Å²) in [5.74, 6) is 0.0173. The topological polar surface area (TPSA) is 168 Å². The van der Waals surface area contributed by atoms with Gasteiger partial charge in [-0.3, -0.25) is 19.4 Å². The lowest BCUT2D eigenvalue weighted by molar-refractivity contribution is -0.129. The fourth-order valence-corrected chi connectivity index (χ4v) is 7.17. The van der Waals surface area contributed by atoms with Crippen molar-refractivity contribution in [2.24, 2.45) is 0 Å². The van der Waals surface area contributed by atoms with Crippen molar-refractivity contribution in [1.82, 2.24) is 19.5 Å². The minimum absolute atomic E-state index is 0.0173. The quantitative estimate of drug-likeness (QED) is 0.0877. The van der Waals surface area contributed by atoms with E-state index in [0.29, 0.717) is 31.5 Å². The minimum atomic E-state index is -3.70. The molecule has 59 heavy (non-hydrogen) atoms. The predicted octanol–water partition coefficient (Wildman–Crippen LogP) is 4.79. The fraction of sp³-hybridized carbons (Fsp3) is 0.419. The fourth-order valence-electron chi connectivity index (χ4n) is 5.79. The standard InChI is InChI=1S/C30H32N4O3S.C9H17NO4.C4H9NO2/c1-32(38(36,37)30-8-4-6-25-5-2-3-7-29(25)30)18-15-28(35)23-24-9-11-26(12-10-24)33-19-21-34(22-20-33)27-13-16-31-17-14-27;1-9(2,3)14-8(12)10(4)5-6-13-7-11;1-5-2-3-7-4-6/h2-14,16-17H,15,18-23H2,1H3;7H,5-6H2,1-4H3;4-5H,2-3H2,1H3. The number of anilines is 2. The number of fused-ring (bicyclic) bond motifs is 1. The number of benzene rings is 3. The zero-order valence-corrected chi connectivity index (χ0v) is 35.7. The zero-order valence-electron chi connectivity index (χ0n) is 34.9. The van der Waals surface area contributed by atoms with Crippen LogP contribution in [0.15, 0.2) is 96.2 Å². The Morgan fingerprint density at radius 3 is 1.97 bits per heavy atom. The first-order valence-electron chi connectivity index (χ1n) is 19.3. The third kappa shape index (κ3) is 16.3. The van der Waals surface area contributed by atoms with E-state index in [4.69, 9.17) is 4.74 Å². The van der Waals surface area contributed by atoms with Crippen molar-refractivity contribution in [3.05, 3.63) is 96.8 Å². The highest BCUT2D eigenvalue weighted by Crippen LogP contribution is 2.26. The number of Topliss-reactive ketones (excluding diaryl/α,β-unsaturated/α-hetero) is 1. The van der Waals surface area contributed by atoms with E-state index in [1.165, 1.54) is 21.9 Å². The third-order valence-electron chi connectivity index (χ3n) is 9.01. The Morgan fingerprint density at radius 1 is 0.797 bits per heavy atom. The lowest BCUT2D eigenvalue weighted by Gasteiger charge is -2.37. The maximum atomic E-state index is 13.2. The summed E-state index contributed by atoms with van der Waals surface area (Å²) in [4.78, 5) is 53.7. The molecule has 1 aliphatic heterocycles. The average Bonchev–Trinajstić information content (AvgIpc) is 3.23. The van der Waals surface area contributed by atoms with E-state index < -0.39 is 21.7 Å². The highest BCUT2D eigenvalue weighted by molar-refractivity contribution is 7.89. The number of ether oxygens (including phenoxy) is 3. The average molecular weight is 835 g/mol. The first-order chi connectivity index (χ1) is 28.2. The van der Waals surface area contributed by atoms with Crippen molar-refractivity contribution in [3.8, 4) is 0 Å².